The van der Waals surface area contributed by atoms with Gasteiger partial charge in [-0.2, -0.15) is 0 Å². The number of imidazole rings is 1. The van der Waals surface area contributed by atoms with Crippen LogP contribution < -0.4 is 0 Å². The van der Waals surface area contributed by atoms with Crippen molar-refractivity contribution in [2.24, 2.45) is 0 Å². The Bertz CT molecular complexity index is 855. The summed E-state index contributed by atoms with van der Waals surface area (Å²) >= 11 is 0. The quantitative estimate of drug-likeness (QED) is 0.518. The van der Waals surface area contributed by atoms with Crippen LogP contribution in [0.1, 0.15) is 16.8 Å². The summed E-state index contributed by atoms with van der Waals surface area (Å²) in [6.45, 7) is 2.64. The summed E-state index contributed by atoms with van der Waals surface area (Å²) in [5.41, 5.74) is 4.74. The van der Waals surface area contributed by atoms with Crippen LogP contribution in [-0.4, -0.2) is 14.3 Å². The van der Waals surface area contributed by atoms with E-state index in [2.05, 4.69) is 76.2 Å². The van der Waals surface area contributed by atoms with Gasteiger partial charge in [0.05, 0.1) is 5.69 Å². The molecule has 3 nitrogen and oxygen atoms in total. The zero-order chi connectivity index (χ0) is 16.9. The van der Waals surface area contributed by atoms with Gasteiger partial charge in [-0.1, -0.05) is 66.7 Å². The van der Waals surface area contributed by atoms with Crippen LogP contribution in [0.25, 0.3) is 5.65 Å². The van der Waals surface area contributed by atoms with Crippen LogP contribution in [0.3, 0.4) is 0 Å². The van der Waals surface area contributed by atoms with Crippen molar-refractivity contribution in [2.45, 2.75) is 19.6 Å². The van der Waals surface area contributed by atoms with Gasteiger partial charge in [0.1, 0.15) is 5.65 Å². The van der Waals surface area contributed by atoms with E-state index < -0.39 is 0 Å². The first-order valence-corrected chi connectivity index (χ1v) is 8.60. The minimum absolute atomic E-state index is 0.825. The minimum Gasteiger partial charge on any atom is -0.307 e. The third-order valence-corrected chi connectivity index (χ3v) is 4.30. The minimum atomic E-state index is 0.825. The zero-order valence-corrected chi connectivity index (χ0v) is 14.1. The zero-order valence-electron chi connectivity index (χ0n) is 14.1. The van der Waals surface area contributed by atoms with Gasteiger partial charge in [-0.15, -0.1) is 0 Å². The van der Waals surface area contributed by atoms with Gasteiger partial charge >= 0.3 is 0 Å². The van der Waals surface area contributed by atoms with E-state index in [1.807, 2.05) is 24.4 Å². The molecular formula is C22H21N3. The number of aromatic nitrogens is 2. The third kappa shape index (κ3) is 3.95. The lowest BCUT2D eigenvalue weighted by atomic mass is 10.1. The highest BCUT2D eigenvalue weighted by Crippen LogP contribution is 2.14. The maximum Gasteiger partial charge on any atom is 0.137 e. The molecule has 0 bridgehead atoms. The van der Waals surface area contributed by atoms with Crippen molar-refractivity contribution in [3.63, 3.8) is 0 Å². The average molecular weight is 327 g/mol. The normalized spacial score (nSPS) is 11.2. The summed E-state index contributed by atoms with van der Waals surface area (Å²) in [5.74, 6) is 0. The van der Waals surface area contributed by atoms with E-state index >= 15 is 0 Å². The molecular weight excluding hydrogens is 306 g/mol. The van der Waals surface area contributed by atoms with Crippen molar-refractivity contribution in [3.8, 4) is 0 Å². The first kappa shape index (κ1) is 15.6. The molecule has 0 saturated heterocycles. The van der Waals surface area contributed by atoms with Crippen molar-refractivity contribution < 1.29 is 0 Å². The lowest BCUT2D eigenvalue weighted by Gasteiger charge is -2.21. The van der Waals surface area contributed by atoms with Crippen LogP contribution >= 0.6 is 0 Å². The number of benzene rings is 2. The average Bonchev–Trinajstić information content (AvgIpc) is 3.05. The number of fused-ring (bicyclic) bond motifs is 1. The summed E-state index contributed by atoms with van der Waals surface area (Å²) < 4.78 is 2.08. The molecule has 0 aliphatic rings. The van der Waals surface area contributed by atoms with E-state index in [0.29, 0.717) is 0 Å². The van der Waals surface area contributed by atoms with Crippen molar-refractivity contribution in [2.75, 3.05) is 0 Å². The Morgan fingerprint density at radius 1 is 0.680 bits per heavy atom. The number of hydrogen-bond donors (Lipinski definition) is 0. The topological polar surface area (TPSA) is 20.5 Å². The number of pyridine rings is 1. The predicted molar refractivity (Wildman–Crippen MR) is 101 cm³/mol. The Morgan fingerprint density at radius 2 is 1.28 bits per heavy atom. The molecule has 0 amide bonds. The second kappa shape index (κ2) is 7.32. The van der Waals surface area contributed by atoms with Gasteiger partial charge in [0.2, 0.25) is 0 Å². The lowest BCUT2D eigenvalue weighted by Crippen LogP contribution is -2.22. The SMILES string of the molecule is c1ccc(CN(Cc2ccccc2)Cc2cn3ccccc3n2)cc1. The molecule has 0 aliphatic carbocycles. The molecule has 0 saturated carbocycles. The van der Waals surface area contributed by atoms with Gasteiger partial charge in [-0.3, -0.25) is 4.90 Å². The van der Waals surface area contributed by atoms with E-state index in [0.717, 1.165) is 31.0 Å². The van der Waals surface area contributed by atoms with Gasteiger partial charge in [0, 0.05) is 32.0 Å². The molecule has 0 radical (unpaired) electrons. The highest BCUT2D eigenvalue weighted by Gasteiger charge is 2.11. The summed E-state index contributed by atoms with van der Waals surface area (Å²) in [4.78, 5) is 7.19. The maximum atomic E-state index is 4.76. The van der Waals surface area contributed by atoms with Crippen LogP contribution in [0.2, 0.25) is 0 Å². The van der Waals surface area contributed by atoms with Crippen molar-refractivity contribution in [1.82, 2.24) is 14.3 Å². The van der Waals surface area contributed by atoms with Crippen LogP contribution in [0.4, 0.5) is 0 Å². The Kier molecular flexibility index (Phi) is 4.57. The van der Waals surface area contributed by atoms with Crippen LogP contribution in [0, 0.1) is 0 Å². The first-order valence-electron chi connectivity index (χ1n) is 8.60. The van der Waals surface area contributed by atoms with Gasteiger partial charge < -0.3 is 4.40 Å². The first-order chi connectivity index (χ1) is 12.4. The van der Waals surface area contributed by atoms with Crippen molar-refractivity contribution >= 4 is 5.65 Å². The summed E-state index contributed by atoms with van der Waals surface area (Å²) in [7, 11) is 0. The smallest absolute Gasteiger partial charge is 0.137 e. The molecule has 0 fully saturated rings. The predicted octanol–water partition coefficient (Wildman–Crippen LogP) is 4.54. The second-order valence-electron chi connectivity index (χ2n) is 6.31. The standard InChI is InChI=1S/C22H21N3/c1-3-9-19(10-4-1)15-24(16-20-11-5-2-6-12-20)17-21-18-25-14-8-7-13-22(25)23-21/h1-14,18H,15-17H2. The van der Waals surface area contributed by atoms with Crippen LogP contribution in [0.5, 0.6) is 0 Å². The number of nitrogens with zero attached hydrogens (tertiary/aromatic N) is 3. The van der Waals surface area contributed by atoms with E-state index in [4.69, 9.17) is 4.98 Å². The molecule has 0 aliphatic heterocycles. The number of rotatable bonds is 6. The fourth-order valence-electron chi connectivity index (χ4n) is 3.14. The Morgan fingerprint density at radius 3 is 1.88 bits per heavy atom. The molecule has 2 aromatic carbocycles. The summed E-state index contributed by atoms with van der Waals surface area (Å²) in [5, 5.41) is 0. The second-order valence-corrected chi connectivity index (χ2v) is 6.31. The summed E-state index contributed by atoms with van der Waals surface area (Å²) in [6, 6.07) is 27.3. The Hall–Kier alpha value is -2.91. The van der Waals surface area contributed by atoms with Gasteiger partial charge in [0.25, 0.3) is 0 Å². The summed E-state index contributed by atoms with van der Waals surface area (Å²) in [6.07, 6.45) is 4.17. The fraction of sp³-hybridized carbons (Fsp3) is 0.136. The molecule has 4 rings (SSSR count). The van der Waals surface area contributed by atoms with Gasteiger partial charge in [-0.05, 0) is 23.3 Å². The van der Waals surface area contributed by atoms with Crippen LogP contribution in [0.15, 0.2) is 91.3 Å². The van der Waals surface area contributed by atoms with Crippen molar-refractivity contribution in [1.29, 1.82) is 0 Å². The molecule has 0 N–H and O–H groups in total. The fourth-order valence-corrected chi connectivity index (χ4v) is 3.14. The van der Waals surface area contributed by atoms with Crippen molar-refractivity contribution in [3.05, 3.63) is 108 Å². The maximum absolute atomic E-state index is 4.76. The highest BCUT2D eigenvalue weighted by atomic mass is 15.1. The lowest BCUT2D eigenvalue weighted by molar-refractivity contribution is 0.245. The molecule has 0 atom stereocenters. The van der Waals surface area contributed by atoms with Gasteiger partial charge in [0.15, 0.2) is 0 Å². The Balaban J connectivity index is 1.57. The Labute approximate surface area is 148 Å². The van der Waals surface area contributed by atoms with Gasteiger partial charge in [-0.25, -0.2) is 4.98 Å². The third-order valence-electron chi connectivity index (χ3n) is 4.30. The molecule has 2 aromatic heterocycles. The van der Waals surface area contributed by atoms with E-state index in [-0.39, 0.29) is 0 Å². The monoisotopic (exact) mass is 327 g/mol. The van der Waals surface area contributed by atoms with E-state index in [1.165, 1.54) is 11.1 Å². The molecule has 3 heteroatoms. The molecule has 25 heavy (non-hydrogen) atoms. The van der Waals surface area contributed by atoms with E-state index in [1.54, 1.807) is 0 Å². The molecule has 124 valence electrons. The molecule has 0 unspecified atom stereocenters. The largest absolute Gasteiger partial charge is 0.307 e. The number of hydrogen-bond acceptors (Lipinski definition) is 2. The highest BCUT2D eigenvalue weighted by molar-refractivity contribution is 5.39. The molecule has 2 heterocycles. The molecule has 0 spiro atoms. The molecule has 4 aromatic rings. The van der Waals surface area contributed by atoms with Crippen LogP contribution in [-0.2, 0) is 19.6 Å². The van der Waals surface area contributed by atoms with E-state index in [9.17, 15) is 0 Å².